The summed E-state index contributed by atoms with van der Waals surface area (Å²) in [6.45, 7) is 3.33. The first-order chi connectivity index (χ1) is 13.2. The number of nitrogens with zero attached hydrogens (tertiary/aromatic N) is 1. The predicted octanol–water partition coefficient (Wildman–Crippen LogP) is 4.85. The highest BCUT2D eigenvalue weighted by Gasteiger charge is 2.05. The maximum Gasteiger partial charge on any atom is 0.220 e. The van der Waals surface area contributed by atoms with Crippen molar-refractivity contribution in [3.8, 4) is 16.3 Å². The highest BCUT2D eigenvalue weighted by molar-refractivity contribution is 7.13. The minimum atomic E-state index is 0.0517. The van der Waals surface area contributed by atoms with Crippen molar-refractivity contribution in [2.75, 3.05) is 6.61 Å². The van der Waals surface area contributed by atoms with Gasteiger partial charge in [-0.2, -0.15) is 0 Å². The number of aryl methyl sites for hydroxylation is 1. The molecule has 0 spiro atoms. The van der Waals surface area contributed by atoms with Crippen LogP contribution >= 0.6 is 11.3 Å². The van der Waals surface area contributed by atoms with E-state index < -0.39 is 0 Å². The first-order valence-corrected chi connectivity index (χ1v) is 10.1. The molecule has 1 N–H and O–H groups in total. The van der Waals surface area contributed by atoms with E-state index in [4.69, 9.17) is 4.74 Å². The first-order valence-electron chi connectivity index (χ1n) is 9.22. The molecule has 5 heteroatoms. The summed E-state index contributed by atoms with van der Waals surface area (Å²) in [5, 5.41) is 5.03. The largest absolute Gasteiger partial charge is 0.494 e. The smallest absolute Gasteiger partial charge is 0.220 e. The molecule has 0 radical (unpaired) electrons. The second-order valence-electron chi connectivity index (χ2n) is 6.30. The number of pyridine rings is 1. The van der Waals surface area contributed by atoms with E-state index >= 15 is 0 Å². The zero-order chi connectivity index (χ0) is 18.9. The molecule has 2 heterocycles. The summed E-state index contributed by atoms with van der Waals surface area (Å²) in [5.41, 5.74) is 3.14. The summed E-state index contributed by atoms with van der Waals surface area (Å²) in [6, 6.07) is 16.0. The topological polar surface area (TPSA) is 51.2 Å². The SMILES string of the molecule is CCCOc1ccc(CCC(=O)NCc2ccnc(-c3cccs3)c2)cc1. The molecule has 2 aromatic heterocycles. The van der Waals surface area contributed by atoms with E-state index in [2.05, 4.69) is 17.2 Å². The van der Waals surface area contributed by atoms with Crippen molar-refractivity contribution in [2.24, 2.45) is 0 Å². The van der Waals surface area contributed by atoms with Crippen molar-refractivity contribution in [1.29, 1.82) is 0 Å². The van der Waals surface area contributed by atoms with Crippen LogP contribution in [0.5, 0.6) is 5.75 Å². The second kappa shape index (κ2) is 9.88. The monoisotopic (exact) mass is 380 g/mol. The summed E-state index contributed by atoms with van der Waals surface area (Å²) in [6.07, 6.45) is 3.97. The number of carbonyl (C=O) groups is 1. The van der Waals surface area contributed by atoms with Gasteiger partial charge in [0.2, 0.25) is 5.91 Å². The normalized spacial score (nSPS) is 10.6. The van der Waals surface area contributed by atoms with Crippen LogP contribution in [-0.2, 0) is 17.8 Å². The number of rotatable bonds is 9. The first kappa shape index (κ1) is 19.1. The Morgan fingerprint density at radius 3 is 2.74 bits per heavy atom. The van der Waals surface area contributed by atoms with Crippen molar-refractivity contribution in [3.63, 3.8) is 0 Å². The van der Waals surface area contributed by atoms with Crippen LogP contribution in [0.1, 0.15) is 30.9 Å². The van der Waals surface area contributed by atoms with Gasteiger partial charge < -0.3 is 10.1 Å². The van der Waals surface area contributed by atoms with Gasteiger partial charge in [-0.15, -0.1) is 11.3 Å². The van der Waals surface area contributed by atoms with E-state index in [1.807, 2.05) is 53.9 Å². The minimum Gasteiger partial charge on any atom is -0.494 e. The summed E-state index contributed by atoms with van der Waals surface area (Å²) < 4.78 is 5.58. The molecule has 4 nitrogen and oxygen atoms in total. The molecule has 1 amide bonds. The summed E-state index contributed by atoms with van der Waals surface area (Å²) in [4.78, 5) is 17.7. The molecular formula is C22H24N2O2S. The van der Waals surface area contributed by atoms with Gasteiger partial charge in [0.05, 0.1) is 17.2 Å². The zero-order valence-corrected chi connectivity index (χ0v) is 16.3. The fraction of sp³-hybridized carbons (Fsp3) is 0.273. The molecule has 0 aliphatic rings. The minimum absolute atomic E-state index is 0.0517. The lowest BCUT2D eigenvalue weighted by atomic mass is 10.1. The van der Waals surface area contributed by atoms with E-state index in [1.165, 1.54) is 0 Å². The Morgan fingerprint density at radius 1 is 1.15 bits per heavy atom. The third kappa shape index (κ3) is 5.93. The molecular weight excluding hydrogens is 356 g/mol. The molecule has 3 aromatic rings. The molecule has 0 fully saturated rings. The van der Waals surface area contributed by atoms with Gasteiger partial charge in [-0.25, -0.2) is 0 Å². The number of nitrogens with one attached hydrogen (secondary N) is 1. The maximum atomic E-state index is 12.2. The van der Waals surface area contributed by atoms with Gasteiger partial charge in [0.1, 0.15) is 5.75 Å². The molecule has 140 valence electrons. The maximum absolute atomic E-state index is 12.2. The van der Waals surface area contributed by atoms with Crippen molar-refractivity contribution < 1.29 is 9.53 Å². The molecule has 0 aliphatic heterocycles. The number of hydrogen-bond acceptors (Lipinski definition) is 4. The van der Waals surface area contributed by atoms with Crippen LogP contribution in [0.25, 0.3) is 10.6 Å². The highest BCUT2D eigenvalue weighted by atomic mass is 32.1. The van der Waals surface area contributed by atoms with E-state index in [1.54, 1.807) is 17.5 Å². The van der Waals surface area contributed by atoms with Gasteiger partial charge in [-0.1, -0.05) is 25.1 Å². The number of thiophene rings is 1. The number of aromatic nitrogens is 1. The van der Waals surface area contributed by atoms with Crippen LogP contribution in [-0.4, -0.2) is 17.5 Å². The molecule has 0 saturated heterocycles. The predicted molar refractivity (Wildman–Crippen MR) is 110 cm³/mol. The van der Waals surface area contributed by atoms with Gasteiger partial charge >= 0.3 is 0 Å². The molecule has 27 heavy (non-hydrogen) atoms. The number of hydrogen-bond donors (Lipinski definition) is 1. The van der Waals surface area contributed by atoms with Crippen LogP contribution < -0.4 is 10.1 Å². The zero-order valence-electron chi connectivity index (χ0n) is 15.5. The second-order valence-corrected chi connectivity index (χ2v) is 7.24. The van der Waals surface area contributed by atoms with Crippen molar-refractivity contribution in [3.05, 3.63) is 71.2 Å². The average molecular weight is 381 g/mol. The number of ether oxygens (including phenoxy) is 1. The Labute approximate surface area is 164 Å². The lowest BCUT2D eigenvalue weighted by molar-refractivity contribution is -0.121. The molecule has 0 atom stereocenters. The van der Waals surface area contributed by atoms with Crippen LogP contribution in [0.15, 0.2) is 60.1 Å². The molecule has 0 saturated carbocycles. The van der Waals surface area contributed by atoms with Gasteiger partial charge in [0.25, 0.3) is 0 Å². The lowest BCUT2D eigenvalue weighted by Crippen LogP contribution is -2.23. The fourth-order valence-electron chi connectivity index (χ4n) is 2.66. The summed E-state index contributed by atoms with van der Waals surface area (Å²) in [7, 11) is 0. The molecule has 0 unspecified atom stereocenters. The Balaban J connectivity index is 1.45. The van der Waals surface area contributed by atoms with Crippen LogP contribution in [0.4, 0.5) is 0 Å². The lowest BCUT2D eigenvalue weighted by Gasteiger charge is -2.08. The van der Waals surface area contributed by atoms with Crippen LogP contribution in [0.2, 0.25) is 0 Å². The standard InChI is InChI=1S/C22H24N2O2S/c1-2-13-26-19-8-5-17(6-9-19)7-10-22(25)24-16-18-11-12-23-20(15-18)21-4-3-14-27-21/h3-6,8-9,11-12,14-15H,2,7,10,13,16H2,1H3,(H,24,25). The number of benzene rings is 1. The van der Waals surface area contributed by atoms with Crippen LogP contribution in [0.3, 0.4) is 0 Å². The van der Waals surface area contributed by atoms with Crippen molar-refractivity contribution in [2.45, 2.75) is 32.7 Å². The molecule has 1 aromatic carbocycles. The third-order valence-electron chi connectivity index (χ3n) is 4.12. The van der Waals surface area contributed by atoms with E-state index in [0.29, 0.717) is 13.0 Å². The van der Waals surface area contributed by atoms with Crippen molar-refractivity contribution >= 4 is 17.2 Å². The fourth-order valence-corrected chi connectivity index (χ4v) is 3.36. The summed E-state index contributed by atoms with van der Waals surface area (Å²) in [5.74, 6) is 0.931. The number of carbonyl (C=O) groups excluding carboxylic acids is 1. The van der Waals surface area contributed by atoms with Gasteiger partial charge in [-0.05, 0) is 59.7 Å². The molecule has 0 bridgehead atoms. The van der Waals surface area contributed by atoms with E-state index in [0.717, 1.165) is 46.9 Å². The third-order valence-corrected chi connectivity index (χ3v) is 5.02. The van der Waals surface area contributed by atoms with Crippen molar-refractivity contribution in [1.82, 2.24) is 10.3 Å². The Bertz CT molecular complexity index is 845. The van der Waals surface area contributed by atoms with Gasteiger partial charge in [0, 0.05) is 19.2 Å². The summed E-state index contributed by atoms with van der Waals surface area (Å²) >= 11 is 1.66. The van der Waals surface area contributed by atoms with E-state index in [9.17, 15) is 4.79 Å². The molecule has 3 rings (SSSR count). The van der Waals surface area contributed by atoms with Crippen LogP contribution in [0, 0.1) is 0 Å². The Hall–Kier alpha value is -2.66. The highest BCUT2D eigenvalue weighted by Crippen LogP contribution is 2.23. The van der Waals surface area contributed by atoms with Gasteiger partial charge in [-0.3, -0.25) is 9.78 Å². The number of amides is 1. The molecule has 0 aliphatic carbocycles. The Morgan fingerprint density at radius 2 is 2.00 bits per heavy atom. The quantitative estimate of drug-likeness (QED) is 0.577. The average Bonchev–Trinajstić information content (AvgIpc) is 3.25. The van der Waals surface area contributed by atoms with Gasteiger partial charge in [0.15, 0.2) is 0 Å². The van der Waals surface area contributed by atoms with E-state index in [-0.39, 0.29) is 5.91 Å². The Kier molecular flexibility index (Phi) is 6.99.